The smallest absolute Gasteiger partial charge is 0.256 e. The zero-order valence-corrected chi connectivity index (χ0v) is 12.5. The molecule has 1 N–H and O–H groups in total. The third kappa shape index (κ3) is 2.77. The number of nitrogens with one attached hydrogen (secondary N) is 1. The van der Waals surface area contributed by atoms with Crippen LogP contribution >= 0.6 is 0 Å². The summed E-state index contributed by atoms with van der Waals surface area (Å²) in [5.41, 5.74) is 0.496. The van der Waals surface area contributed by atoms with E-state index in [0.717, 1.165) is 18.9 Å². The molecule has 0 aliphatic carbocycles. The summed E-state index contributed by atoms with van der Waals surface area (Å²) in [6, 6.07) is 6.90. The van der Waals surface area contributed by atoms with E-state index in [1.807, 2.05) is 0 Å². The number of rotatable bonds is 3. The van der Waals surface area contributed by atoms with Crippen LogP contribution in [0.2, 0.25) is 0 Å². The average molecular weight is 312 g/mol. The highest BCUT2D eigenvalue weighted by molar-refractivity contribution is 6.04. The molecule has 7 heteroatoms. The van der Waals surface area contributed by atoms with Crippen molar-refractivity contribution in [2.45, 2.75) is 12.8 Å². The van der Waals surface area contributed by atoms with E-state index >= 15 is 0 Å². The van der Waals surface area contributed by atoms with Crippen molar-refractivity contribution in [3.8, 4) is 11.5 Å². The van der Waals surface area contributed by atoms with E-state index in [2.05, 4.69) is 20.2 Å². The first kappa shape index (κ1) is 13.8. The highest BCUT2D eigenvalue weighted by atomic mass is 16.7. The molecule has 1 saturated heterocycles. The van der Waals surface area contributed by atoms with E-state index in [1.54, 1.807) is 24.3 Å². The number of ether oxygens (including phenoxy) is 2. The van der Waals surface area contributed by atoms with Gasteiger partial charge in [-0.1, -0.05) is 0 Å². The fourth-order valence-electron chi connectivity index (χ4n) is 2.76. The van der Waals surface area contributed by atoms with Crippen molar-refractivity contribution in [1.82, 2.24) is 9.97 Å². The van der Waals surface area contributed by atoms with Crippen molar-refractivity contribution in [3.63, 3.8) is 0 Å². The number of nitrogens with zero attached hydrogens (tertiary/aromatic N) is 3. The van der Waals surface area contributed by atoms with Crippen LogP contribution in [-0.4, -0.2) is 35.8 Å². The summed E-state index contributed by atoms with van der Waals surface area (Å²) in [6.07, 6.45) is 3.81. The van der Waals surface area contributed by atoms with Crippen molar-refractivity contribution in [2.75, 3.05) is 30.1 Å². The van der Waals surface area contributed by atoms with E-state index < -0.39 is 0 Å². The first-order valence-electron chi connectivity index (χ1n) is 7.57. The molecule has 1 aromatic carbocycles. The number of carbonyl (C=O) groups is 1. The Kier molecular flexibility index (Phi) is 3.45. The van der Waals surface area contributed by atoms with Crippen molar-refractivity contribution in [2.24, 2.45) is 0 Å². The Morgan fingerprint density at radius 2 is 1.91 bits per heavy atom. The molecule has 7 nitrogen and oxygen atoms in total. The predicted octanol–water partition coefficient (Wildman–Crippen LogP) is 2.06. The highest BCUT2D eigenvalue weighted by Gasteiger charge is 2.18. The Hall–Kier alpha value is -2.83. The monoisotopic (exact) mass is 312 g/mol. The largest absolute Gasteiger partial charge is 0.454 e. The number of hydrogen-bond donors (Lipinski definition) is 1. The van der Waals surface area contributed by atoms with Crippen LogP contribution in [0.4, 0.5) is 11.6 Å². The molecule has 0 radical (unpaired) electrons. The maximum absolute atomic E-state index is 12.4. The summed E-state index contributed by atoms with van der Waals surface area (Å²) < 4.78 is 10.5. The van der Waals surface area contributed by atoms with Crippen molar-refractivity contribution < 1.29 is 14.3 Å². The van der Waals surface area contributed by atoms with Gasteiger partial charge in [0.05, 0.1) is 0 Å². The van der Waals surface area contributed by atoms with Crippen LogP contribution in [0.3, 0.4) is 0 Å². The molecular formula is C16H16N4O3. The second-order valence-electron chi connectivity index (χ2n) is 5.48. The van der Waals surface area contributed by atoms with Crippen LogP contribution in [0.15, 0.2) is 30.6 Å². The third-order valence-electron chi connectivity index (χ3n) is 3.96. The lowest BCUT2D eigenvalue weighted by Crippen LogP contribution is -2.20. The summed E-state index contributed by atoms with van der Waals surface area (Å²) in [4.78, 5) is 23.0. The minimum Gasteiger partial charge on any atom is -0.454 e. The van der Waals surface area contributed by atoms with Gasteiger partial charge in [0.2, 0.25) is 6.79 Å². The molecule has 23 heavy (non-hydrogen) atoms. The van der Waals surface area contributed by atoms with Gasteiger partial charge in [-0.05, 0) is 31.0 Å². The van der Waals surface area contributed by atoms with Crippen molar-refractivity contribution in [1.29, 1.82) is 0 Å². The van der Waals surface area contributed by atoms with Gasteiger partial charge in [0.15, 0.2) is 11.5 Å². The molecule has 0 unspecified atom stereocenters. The molecule has 4 rings (SSSR count). The van der Waals surface area contributed by atoms with Crippen LogP contribution in [0.25, 0.3) is 0 Å². The molecule has 0 spiro atoms. The number of fused-ring (bicyclic) bond motifs is 1. The van der Waals surface area contributed by atoms with E-state index in [9.17, 15) is 4.79 Å². The normalized spacial score (nSPS) is 15.7. The highest BCUT2D eigenvalue weighted by Crippen LogP contribution is 2.32. The van der Waals surface area contributed by atoms with Crippen LogP contribution in [0.1, 0.15) is 23.2 Å². The number of benzene rings is 1. The lowest BCUT2D eigenvalue weighted by Gasteiger charge is -2.16. The molecule has 0 saturated carbocycles. The summed E-state index contributed by atoms with van der Waals surface area (Å²) in [5, 5.41) is 2.80. The van der Waals surface area contributed by atoms with Gasteiger partial charge in [-0.15, -0.1) is 0 Å². The minimum atomic E-state index is -0.241. The number of amides is 1. The second kappa shape index (κ2) is 5.75. The zero-order valence-electron chi connectivity index (χ0n) is 12.5. The molecule has 1 fully saturated rings. The summed E-state index contributed by atoms with van der Waals surface area (Å²) in [7, 11) is 0. The first-order chi connectivity index (χ1) is 11.3. The molecule has 2 aromatic rings. The van der Waals surface area contributed by atoms with Gasteiger partial charge in [0.1, 0.15) is 18.0 Å². The van der Waals surface area contributed by atoms with Crippen molar-refractivity contribution in [3.05, 3.63) is 36.2 Å². The van der Waals surface area contributed by atoms with E-state index in [0.29, 0.717) is 22.9 Å². The van der Waals surface area contributed by atoms with Crippen LogP contribution in [0.5, 0.6) is 11.5 Å². The van der Waals surface area contributed by atoms with Crippen LogP contribution in [-0.2, 0) is 0 Å². The molecule has 1 amide bonds. The third-order valence-corrected chi connectivity index (χ3v) is 3.96. The fourth-order valence-corrected chi connectivity index (χ4v) is 2.76. The van der Waals surface area contributed by atoms with Crippen LogP contribution in [0, 0.1) is 0 Å². The minimum absolute atomic E-state index is 0.186. The SMILES string of the molecule is O=C(Nc1cc(N2CCCC2)ncn1)c1ccc2c(c1)OCO2. The molecule has 0 bridgehead atoms. The molecule has 1 aromatic heterocycles. The average Bonchev–Trinajstić information content (AvgIpc) is 3.26. The number of hydrogen-bond acceptors (Lipinski definition) is 6. The van der Waals surface area contributed by atoms with Gasteiger partial charge in [0.25, 0.3) is 5.91 Å². The van der Waals surface area contributed by atoms with Gasteiger partial charge in [-0.25, -0.2) is 9.97 Å². The van der Waals surface area contributed by atoms with Crippen LogP contribution < -0.4 is 19.7 Å². The Bertz CT molecular complexity index is 744. The first-order valence-corrected chi connectivity index (χ1v) is 7.57. The van der Waals surface area contributed by atoms with Gasteiger partial charge in [-0.3, -0.25) is 4.79 Å². The predicted molar refractivity (Wildman–Crippen MR) is 84.0 cm³/mol. The quantitative estimate of drug-likeness (QED) is 0.935. The standard InChI is InChI=1S/C16H16N4O3/c21-16(11-3-4-12-13(7-11)23-10-22-12)19-14-8-15(18-9-17-14)20-5-1-2-6-20/h3-4,7-9H,1-2,5-6,10H2,(H,17,18,19,21). The topological polar surface area (TPSA) is 76.6 Å². The van der Waals surface area contributed by atoms with E-state index in [4.69, 9.17) is 9.47 Å². The van der Waals surface area contributed by atoms with E-state index in [1.165, 1.54) is 19.2 Å². The molecule has 118 valence electrons. The van der Waals surface area contributed by atoms with Crippen molar-refractivity contribution >= 4 is 17.5 Å². The van der Waals surface area contributed by atoms with Gasteiger partial charge in [0, 0.05) is 24.7 Å². The molecule has 2 aliphatic heterocycles. The molecule has 0 atom stereocenters. The Morgan fingerprint density at radius 1 is 1.09 bits per heavy atom. The molecular weight excluding hydrogens is 296 g/mol. The summed E-state index contributed by atoms with van der Waals surface area (Å²) in [6.45, 7) is 2.17. The van der Waals surface area contributed by atoms with Gasteiger partial charge >= 0.3 is 0 Å². The number of aromatic nitrogens is 2. The Labute approximate surface area is 133 Å². The van der Waals surface area contributed by atoms with E-state index in [-0.39, 0.29) is 12.7 Å². The Morgan fingerprint density at radius 3 is 2.78 bits per heavy atom. The van der Waals surface area contributed by atoms with Gasteiger partial charge < -0.3 is 19.7 Å². The number of carbonyl (C=O) groups excluding carboxylic acids is 1. The maximum Gasteiger partial charge on any atom is 0.256 e. The zero-order chi connectivity index (χ0) is 15.6. The fraction of sp³-hybridized carbons (Fsp3) is 0.312. The molecule has 2 aliphatic rings. The summed E-state index contributed by atoms with van der Waals surface area (Å²) >= 11 is 0. The summed E-state index contributed by atoms with van der Waals surface area (Å²) in [5.74, 6) is 2.33. The maximum atomic E-state index is 12.4. The van der Waals surface area contributed by atoms with Gasteiger partial charge in [-0.2, -0.15) is 0 Å². The lowest BCUT2D eigenvalue weighted by atomic mass is 10.2. The second-order valence-corrected chi connectivity index (χ2v) is 5.48. The molecule has 3 heterocycles. The Balaban J connectivity index is 1.51. The lowest BCUT2D eigenvalue weighted by molar-refractivity contribution is 0.102. The number of anilines is 2.